The third kappa shape index (κ3) is 3.74. The topological polar surface area (TPSA) is 39.4 Å². The van der Waals surface area contributed by atoms with Crippen molar-refractivity contribution in [3.63, 3.8) is 0 Å². The van der Waals surface area contributed by atoms with Crippen LogP contribution in [0.5, 0.6) is 0 Å². The van der Waals surface area contributed by atoms with Gasteiger partial charge < -0.3 is 13.3 Å². The normalized spacial score (nSPS) is 13.7. The van der Waals surface area contributed by atoms with Crippen LogP contribution < -0.4 is 0 Å². The Labute approximate surface area is 332 Å². The van der Waals surface area contributed by atoms with E-state index in [1.165, 1.54) is 44.5 Å². The molecule has 3 aromatic heterocycles. The van der Waals surface area contributed by atoms with Gasteiger partial charge in [0.25, 0.3) is 0 Å². The summed E-state index contributed by atoms with van der Waals surface area (Å²) in [5, 5.41) is 6.72. The number of benzene rings is 9. The fourth-order valence-electron chi connectivity index (χ4n) is 10.7. The first kappa shape index (κ1) is 30.6. The Morgan fingerprint density at radius 1 is 0.293 bits per heavy atom. The second-order valence-corrected chi connectivity index (χ2v) is 15.9. The van der Waals surface area contributed by atoms with Crippen LogP contribution in [0.1, 0.15) is 22.3 Å². The smallest absolute Gasteiger partial charge is 0.144 e. The zero-order chi connectivity index (χ0) is 37.7. The molecule has 0 aliphatic heterocycles. The Balaban J connectivity index is 1.12. The summed E-state index contributed by atoms with van der Waals surface area (Å²) in [5.74, 6) is 0. The summed E-state index contributed by atoms with van der Waals surface area (Å²) in [6.07, 6.45) is 0. The molecule has 268 valence electrons. The van der Waals surface area contributed by atoms with Gasteiger partial charge in [-0.1, -0.05) is 127 Å². The summed E-state index contributed by atoms with van der Waals surface area (Å²) in [7, 11) is 0. The van der Waals surface area contributed by atoms with Crippen molar-refractivity contribution >= 4 is 65.8 Å². The van der Waals surface area contributed by atoms with Crippen LogP contribution >= 0.6 is 0 Å². The Morgan fingerprint density at radius 2 is 0.793 bits per heavy atom. The van der Waals surface area contributed by atoms with E-state index in [1.807, 2.05) is 24.3 Å². The van der Waals surface area contributed by atoms with Crippen LogP contribution in [0.15, 0.2) is 195 Å². The molecule has 2 aliphatic carbocycles. The average Bonchev–Trinajstić information content (AvgIpc) is 4.08. The molecule has 3 nitrogen and oxygen atoms in total. The van der Waals surface area contributed by atoms with Crippen LogP contribution in [-0.2, 0) is 5.41 Å². The van der Waals surface area contributed by atoms with E-state index in [-0.39, 0.29) is 0 Å². The first-order chi connectivity index (χ1) is 28.7. The minimum absolute atomic E-state index is 0.589. The van der Waals surface area contributed by atoms with Crippen molar-refractivity contribution in [3.05, 3.63) is 204 Å². The molecule has 14 rings (SSSR count). The van der Waals surface area contributed by atoms with Crippen LogP contribution in [0.3, 0.4) is 0 Å². The van der Waals surface area contributed by atoms with Crippen molar-refractivity contribution in [2.75, 3.05) is 0 Å². The molecule has 58 heavy (non-hydrogen) atoms. The standard InChI is InChI=1S/C55H30O3/c1-6-16-43-34(11-1)35-12-2-7-17-44(35)55(43)45-29-32(31-22-25-50-41(27-31)36-13-3-8-18-47(36)56-50)21-24-38(45)53-46(55)30-40(52-39-15-5-10-20-49(39)58-54(52)53)33-23-26-51-42(28-33)37-14-4-9-19-48(37)57-51/h1-30H. The van der Waals surface area contributed by atoms with Gasteiger partial charge in [-0.3, -0.25) is 0 Å². The molecule has 0 atom stereocenters. The number of rotatable bonds is 2. The monoisotopic (exact) mass is 738 g/mol. The van der Waals surface area contributed by atoms with Gasteiger partial charge in [-0.15, -0.1) is 0 Å². The summed E-state index contributed by atoms with van der Waals surface area (Å²) in [4.78, 5) is 0. The summed E-state index contributed by atoms with van der Waals surface area (Å²) in [5.41, 5.74) is 19.4. The molecule has 3 heteroatoms. The molecular weight excluding hydrogens is 709 g/mol. The molecule has 0 amide bonds. The second-order valence-electron chi connectivity index (χ2n) is 15.9. The fourth-order valence-corrected chi connectivity index (χ4v) is 10.7. The van der Waals surface area contributed by atoms with E-state index in [0.29, 0.717) is 0 Å². The lowest BCUT2D eigenvalue weighted by Crippen LogP contribution is -2.26. The molecular formula is C55H30O3. The number of hydrogen-bond donors (Lipinski definition) is 0. The Hall–Kier alpha value is -7.62. The Morgan fingerprint density at radius 3 is 1.47 bits per heavy atom. The molecule has 0 saturated carbocycles. The lowest BCUT2D eigenvalue weighted by molar-refractivity contribution is 0.668. The molecule has 0 N–H and O–H groups in total. The summed E-state index contributed by atoms with van der Waals surface area (Å²) in [6, 6.07) is 66.0. The van der Waals surface area contributed by atoms with Crippen LogP contribution in [0.25, 0.3) is 110 Å². The first-order valence-corrected chi connectivity index (χ1v) is 19.9. The maximum Gasteiger partial charge on any atom is 0.144 e. The zero-order valence-electron chi connectivity index (χ0n) is 31.0. The SMILES string of the molecule is c1ccc2c(c1)-c1ccccc1C21c2cc(-c3ccc4oc5ccccc5c4c3)ccc2-c2c1cc(-c1ccc3oc4ccccc4c3c1)c1c2oc2ccccc21. The average molecular weight is 739 g/mol. The number of furan rings is 3. The molecule has 0 radical (unpaired) electrons. The Kier molecular flexibility index (Phi) is 5.70. The van der Waals surface area contributed by atoms with Crippen LogP contribution in [0, 0.1) is 0 Å². The zero-order valence-corrected chi connectivity index (χ0v) is 31.0. The molecule has 0 unspecified atom stereocenters. The molecule has 0 saturated heterocycles. The molecule has 1 spiro atoms. The van der Waals surface area contributed by atoms with Gasteiger partial charge in [0.15, 0.2) is 0 Å². The minimum Gasteiger partial charge on any atom is -0.456 e. The maximum atomic E-state index is 7.10. The highest BCUT2D eigenvalue weighted by Crippen LogP contribution is 2.65. The van der Waals surface area contributed by atoms with E-state index in [1.54, 1.807) is 0 Å². The minimum atomic E-state index is -0.589. The lowest BCUT2D eigenvalue weighted by atomic mass is 9.69. The summed E-state index contributed by atoms with van der Waals surface area (Å²) < 4.78 is 19.7. The van der Waals surface area contributed by atoms with Crippen molar-refractivity contribution in [1.29, 1.82) is 0 Å². The Bertz CT molecular complexity index is 3710. The van der Waals surface area contributed by atoms with Gasteiger partial charge in [0.05, 0.1) is 5.41 Å². The largest absolute Gasteiger partial charge is 0.456 e. The third-order valence-corrected chi connectivity index (χ3v) is 13.1. The third-order valence-electron chi connectivity index (χ3n) is 13.1. The molecule has 9 aromatic carbocycles. The quantitative estimate of drug-likeness (QED) is 0.177. The second kappa shape index (κ2) is 10.8. The predicted molar refractivity (Wildman–Crippen MR) is 235 cm³/mol. The van der Waals surface area contributed by atoms with Crippen molar-refractivity contribution < 1.29 is 13.3 Å². The van der Waals surface area contributed by atoms with Crippen molar-refractivity contribution in [1.82, 2.24) is 0 Å². The molecule has 0 fully saturated rings. The summed E-state index contributed by atoms with van der Waals surface area (Å²) >= 11 is 0. The maximum absolute atomic E-state index is 7.10. The van der Waals surface area contributed by atoms with Crippen LogP contribution in [0.4, 0.5) is 0 Å². The van der Waals surface area contributed by atoms with Gasteiger partial charge in [0.1, 0.15) is 33.5 Å². The predicted octanol–water partition coefficient (Wildman–Crippen LogP) is 15.1. The first-order valence-electron chi connectivity index (χ1n) is 19.9. The lowest BCUT2D eigenvalue weighted by Gasteiger charge is -2.31. The van der Waals surface area contributed by atoms with E-state index in [9.17, 15) is 0 Å². The van der Waals surface area contributed by atoms with Crippen molar-refractivity contribution in [2.24, 2.45) is 0 Å². The number of para-hydroxylation sites is 3. The van der Waals surface area contributed by atoms with Gasteiger partial charge in [-0.2, -0.15) is 0 Å². The van der Waals surface area contributed by atoms with E-state index >= 15 is 0 Å². The van der Waals surface area contributed by atoms with Gasteiger partial charge in [-0.25, -0.2) is 0 Å². The van der Waals surface area contributed by atoms with Crippen molar-refractivity contribution in [2.45, 2.75) is 5.41 Å². The van der Waals surface area contributed by atoms with Gasteiger partial charge in [0, 0.05) is 37.9 Å². The van der Waals surface area contributed by atoms with E-state index in [0.717, 1.165) is 88.1 Å². The fraction of sp³-hybridized carbons (Fsp3) is 0.0182. The molecule has 3 heterocycles. The molecule has 0 bridgehead atoms. The highest BCUT2D eigenvalue weighted by Gasteiger charge is 2.53. The van der Waals surface area contributed by atoms with Crippen LogP contribution in [-0.4, -0.2) is 0 Å². The van der Waals surface area contributed by atoms with E-state index < -0.39 is 5.41 Å². The molecule has 2 aliphatic rings. The molecule has 12 aromatic rings. The highest BCUT2D eigenvalue weighted by atomic mass is 16.3. The van der Waals surface area contributed by atoms with E-state index in [2.05, 4.69) is 158 Å². The van der Waals surface area contributed by atoms with Crippen molar-refractivity contribution in [3.8, 4) is 44.5 Å². The van der Waals surface area contributed by atoms with Gasteiger partial charge in [-0.05, 0) is 116 Å². The number of fused-ring (bicyclic) bond motifs is 20. The van der Waals surface area contributed by atoms with Crippen LogP contribution in [0.2, 0.25) is 0 Å². The highest BCUT2D eigenvalue weighted by molar-refractivity contribution is 6.20. The van der Waals surface area contributed by atoms with Gasteiger partial charge in [0.2, 0.25) is 0 Å². The summed E-state index contributed by atoms with van der Waals surface area (Å²) in [6.45, 7) is 0. The number of hydrogen-bond acceptors (Lipinski definition) is 3. The van der Waals surface area contributed by atoms with E-state index in [4.69, 9.17) is 13.3 Å². The van der Waals surface area contributed by atoms with Gasteiger partial charge >= 0.3 is 0 Å².